The first kappa shape index (κ1) is 16.5. The third-order valence-corrected chi connectivity index (χ3v) is 3.92. The number of amides is 2. The average Bonchev–Trinajstić information content (AvgIpc) is 2.76. The lowest BCUT2D eigenvalue weighted by Gasteiger charge is -2.13. The lowest BCUT2D eigenvalue weighted by Crippen LogP contribution is -2.32. The Morgan fingerprint density at radius 2 is 1.50 bits per heavy atom. The predicted octanol–water partition coefficient (Wildman–Crippen LogP) is 3.59. The fourth-order valence-electron chi connectivity index (χ4n) is 2.42. The third-order valence-electron chi connectivity index (χ3n) is 3.49. The van der Waals surface area contributed by atoms with E-state index in [0.29, 0.717) is 21.2 Å². The van der Waals surface area contributed by atoms with Crippen molar-refractivity contribution in [2.75, 3.05) is 6.54 Å². The van der Waals surface area contributed by atoms with Crippen LogP contribution in [0.2, 0.25) is 10.0 Å². The molecule has 0 saturated carbocycles. The van der Waals surface area contributed by atoms with Crippen molar-refractivity contribution in [1.82, 2.24) is 4.90 Å². The minimum absolute atomic E-state index is 0.0561. The Morgan fingerprint density at radius 3 is 2.04 bits per heavy atom. The van der Waals surface area contributed by atoms with E-state index in [1.54, 1.807) is 24.3 Å². The number of imide groups is 1. The van der Waals surface area contributed by atoms with E-state index in [1.165, 1.54) is 18.2 Å². The van der Waals surface area contributed by atoms with Crippen molar-refractivity contribution in [2.45, 2.75) is 6.42 Å². The molecular formula is C17H11Cl2NO4. The van der Waals surface area contributed by atoms with E-state index in [0.717, 1.165) is 4.90 Å². The van der Waals surface area contributed by atoms with Crippen molar-refractivity contribution in [3.05, 3.63) is 63.6 Å². The monoisotopic (exact) mass is 363 g/mol. The molecule has 0 radical (unpaired) electrons. The van der Waals surface area contributed by atoms with Gasteiger partial charge in [0.05, 0.1) is 17.5 Å². The molecule has 0 bridgehead atoms. The van der Waals surface area contributed by atoms with Crippen molar-refractivity contribution in [3.63, 3.8) is 0 Å². The number of rotatable bonds is 4. The summed E-state index contributed by atoms with van der Waals surface area (Å²) >= 11 is 11.7. The van der Waals surface area contributed by atoms with Gasteiger partial charge in [-0.3, -0.25) is 19.3 Å². The number of ether oxygens (including phenoxy) is 1. The fourth-order valence-corrected chi connectivity index (χ4v) is 2.92. The molecule has 122 valence electrons. The first-order chi connectivity index (χ1) is 11.5. The average molecular weight is 364 g/mol. The Bertz CT molecular complexity index is 795. The van der Waals surface area contributed by atoms with Crippen molar-refractivity contribution in [1.29, 1.82) is 0 Å². The van der Waals surface area contributed by atoms with Gasteiger partial charge in [0.1, 0.15) is 5.75 Å². The number of benzene rings is 2. The van der Waals surface area contributed by atoms with E-state index >= 15 is 0 Å². The maximum Gasteiger partial charge on any atom is 0.313 e. The Hall–Kier alpha value is -2.37. The van der Waals surface area contributed by atoms with Crippen molar-refractivity contribution in [2.24, 2.45) is 0 Å². The highest BCUT2D eigenvalue weighted by Gasteiger charge is 2.35. The number of halogens is 2. The molecule has 2 aromatic rings. The van der Waals surface area contributed by atoms with Gasteiger partial charge in [0.2, 0.25) is 0 Å². The molecule has 5 nitrogen and oxygen atoms in total. The molecule has 1 aliphatic rings. The molecule has 0 aromatic heterocycles. The molecule has 0 unspecified atom stereocenters. The van der Waals surface area contributed by atoms with Crippen LogP contribution in [0.1, 0.15) is 27.1 Å². The summed E-state index contributed by atoms with van der Waals surface area (Å²) in [4.78, 5) is 37.3. The minimum atomic E-state index is -0.593. The highest BCUT2D eigenvalue weighted by molar-refractivity contribution is 6.34. The van der Waals surface area contributed by atoms with Crippen LogP contribution in [-0.2, 0) is 4.79 Å². The molecule has 2 aromatic carbocycles. The molecule has 0 atom stereocenters. The second-order valence-corrected chi connectivity index (χ2v) is 6.01. The van der Waals surface area contributed by atoms with Crippen LogP contribution in [0.15, 0.2) is 42.5 Å². The number of carbonyl (C=O) groups excluding carboxylic acids is 3. The second kappa shape index (κ2) is 6.63. The van der Waals surface area contributed by atoms with E-state index in [4.69, 9.17) is 27.9 Å². The molecule has 0 fully saturated rings. The number of esters is 1. The number of carbonyl (C=O) groups is 3. The summed E-state index contributed by atoms with van der Waals surface area (Å²) in [6.45, 7) is -0.0561. The van der Waals surface area contributed by atoms with Gasteiger partial charge in [-0.1, -0.05) is 35.3 Å². The van der Waals surface area contributed by atoms with E-state index < -0.39 is 17.8 Å². The normalized spacial score (nSPS) is 13.2. The third kappa shape index (κ3) is 3.27. The summed E-state index contributed by atoms with van der Waals surface area (Å²) in [5.41, 5.74) is 0.690. The highest BCUT2D eigenvalue weighted by atomic mass is 35.5. The van der Waals surface area contributed by atoms with Gasteiger partial charge >= 0.3 is 5.97 Å². The van der Waals surface area contributed by atoms with E-state index in [-0.39, 0.29) is 18.7 Å². The zero-order chi connectivity index (χ0) is 17.3. The topological polar surface area (TPSA) is 63.7 Å². The maximum absolute atomic E-state index is 12.2. The molecule has 24 heavy (non-hydrogen) atoms. The molecular weight excluding hydrogens is 353 g/mol. The number of hydrogen-bond acceptors (Lipinski definition) is 4. The van der Waals surface area contributed by atoms with Crippen LogP contribution in [0, 0.1) is 0 Å². The van der Waals surface area contributed by atoms with Gasteiger partial charge in [0, 0.05) is 16.6 Å². The summed E-state index contributed by atoms with van der Waals surface area (Å²) < 4.78 is 5.13. The van der Waals surface area contributed by atoms with Crippen LogP contribution in [-0.4, -0.2) is 29.2 Å². The molecule has 0 N–H and O–H groups in total. The quantitative estimate of drug-likeness (QED) is 0.473. The van der Waals surface area contributed by atoms with E-state index in [2.05, 4.69) is 0 Å². The van der Waals surface area contributed by atoms with Gasteiger partial charge < -0.3 is 4.74 Å². The molecule has 1 heterocycles. The number of nitrogens with zero attached hydrogens (tertiary/aromatic N) is 1. The molecule has 0 spiro atoms. The van der Waals surface area contributed by atoms with Crippen LogP contribution < -0.4 is 4.74 Å². The fraction of sp³-hybridized carbons (Fsp3) is 0.118. The van der Waals surface area contributed by atoms with Crippen LogP contribution in [0.4, 0.5) is 0 Å². The molecule has 3 rings (SSSR count). The highest BCUT2D eigenvalue weighted by Crippen LogP contribution is 2.25. The molecule has 1 aliphatic heterocycles. The lowest BCUT2D eigenvalue weighted by atomic mass is 10.1. The van der Waals surface area contributed by atoms with Crippen LogP contribution in [0.25, 0.3) is 0 Å². The summed E-state index contributed by atoms with van der Waals surface area (Å²) in [5, 5.41) is 0.677. The predicted molar refractivity (Wildman–Crippen MR) is 88.5 cm³/mol. The molecule has 7 heteroatoms. The van der Waals surface area contributed by atoms with E-state index in [9.17, 15) is 14.4 Å². The maximum atomic E-state index is 12.2. The van der Waals surface area contributed by atoms with Gasteiger partial charge in [-0.05, 0) is 30.3 Å². The van der Waals surface area contributed by atoms with Crippen molar-refractivity contribution in [3.8, 4) is 5.75 Å². The summed E-state index contributed by atoms with van der Waals surface area (Å²) in [6.07, 6.45) is -0.129. The van der Waals surface area contributed by atoms with Crippen LogP contribution >= 0.6 is 23.2 Å². The largest absolute Gasteiger partial charge is 0.426 e. The Morgan fingerprint density at radius 1 is 0.958 bits per heavy atom. The zero-order valence-electron chi connectivity index (χ0n) is 12.3. The number of fused-ring (bicyclic) bond motifs is 1. The smallest absolute Gasteiger partial charge is 0.313 e. The SMILES string of the molecule is O=C(CCN1C(=O)c2ccccc2C1=O)Oc1cc(Cl)cc(Cl)c1. The Labute approximate surface area is 147 Å². The van der Waals surface area contributed by atoms with Crippen LogP contribution in [0.5, 0.6) is 5.75 Å². The van der Waals surface area contributed by atoms with Crippen molar-refractivity contribution < 1.29 is 19.1 Å². The molecule has 0 saturated heterocycles. The van der Waals surface area contributed by atoms with Gasteiger partial charge in [0.15, 0.2) is 0 Å². The second-order valence-electron chi connectivity index (χ2n) is 5.14. The first-order valence-corrected chi connectivity index (χ1v) is 7.83. The minimum Gasteiger partial charge on any atom is -0.426 e. The summed E-state index contributed by atoms with van der Waals surface area (Å²) in [7, 11) is 0. The van der Waals surface area contributed by atoms with Gasteiger partial charge in [-0.25, -0.2) is 0 Å². The standard InChI is InChI=1S/C17H11Cl2NO4/c18-10-7-11(19)9-12(8-10)24-15(21)5-6-20-16(22)13-3-1-2-4-14(13)17(20)23/h1-4,7-9H,5-6H2. The molecule has 2 amide bonds. The van der Waals surface area contributed by atoms with Crippen LogP contribution in [0.3, 0.4) is 0 Å². The van der Waals surface area contributed by atoms with Gasteiger partial charge in [-0.15, -0.1) is 0 Å². The first-order valence-electron chi connectivity index (χ1n) is 7.07. The molecule has 0 aliphatic carbocycles. The summed E-state index contributed by atoms with van der Waals surface area (Å²) in [5.74, 6) is -1.20. The summed E-state index contributed by atoms with van der Waals surface area (Å²) in [6, 6.07) is 11.0. The van der Waals surface area contributed by atoms with Gasteiger partial charge in [-0.2, -0.15) is 0 Å². The van der Waals surface area contributed by atoms with E-state index in [1.807, 2.05) is 0 Å². The Balaban J connectivity index is 1.63. The van der Waals surface area contributed by atoms with Crippen molar-refractivity contribution >= 4 is 41.0 Å². The Kier molecular flexibility index (Phi) is 4.55. The van der Waals surface area contributed by atoms with Gasteiger partial charge in [0.25, 0.3) is 11.8 Å². The zero-order valence-corrected chi connectivity index (χ0v) is 13.8. The lowest BCUT2D eigenvalue weighted by molar-refractivity contribution is -0.134. The number of hydrogen-bond donors (Lipinski definition) is 0.